The second-order valence-electron chi connectivity index (χ2n) is 6.07. The lowest BCUT2D eigenvalue weighted by Gasteiger charge is -2.38. The van der Waals surface area contributed by atoms with Crippen molar-refractivity contribution in [1.29, 1.82) is 0 Å². The molecule has 0 aliphatic carbocycles. The molecule has 3 nitrogen and oxygen atoms in total. The van der Waals surface area contributed by atoms with Crippen LogP contribution in [0.2, 0.25) is 0 Å². The smallest absolute Gasteiger partial charge is 0.428 e. The van der Waals surface area contributed by atoms with Crippen molar-refractivity contribution in [2.75, 3.05) is 0 Å². The average Bonchev–Trinajstić information content (AvgIpc) is 2.65. The molecular weight excluding hydrogens is 544 g/mol. The molecular formula is C16H6F16O3. The number of hydrogen-bond donors (Lipinski definition) is 0. The van der Waals surface area contributed by atoms with Crippen LogP contribution in [0.1, 0.15) is 5.56 Å². The molecule has 0 aromatic heterocycles. The summed E-state index contributed by atoms with van der Waals surface area (Å²) in [6, 6.07) is 2.97. The van der Waals surface area contributed by atoms with Crippen molar-refractivity contribution in [2.24, 2.45) is 0 Å². The lowest BCUT2D eigenvalue weighted by atomic mass is 10.2. The molecule has 0 amide bonds. The van der Waals surface area contributed by atoms with Crippen molar-refractivity contribution < 1.29 is 84.5 Å². The zero-order chi connectivity index (χ0) is 27.9. The van der Waals surface area contributed by atoms with Gasteiger partial charge in [-0.3, -0.25) is 9.47 Å². The van der Waals surface area contributed by atoms with Crippen LogP contribution < -0.4 is 4.74 Å². The van der Waals surface area contributed by atoms with E-state index in [1.165, 1.54) is 4.74 Å². The molecule has 0 aliphatic rings. The number of rotatable bonds is 9. The highest BCUT2D eigenvalue weighted by Gasteiger charge is 2.84. The second-order valence-corrected chi connectivity index (χ2v) is 6.07. The Bertz CT molecular complexity index is 932. The van der Waals surface area contributed by atoms with E-state index in [0.717, 1.165) is 12.1 Å². The van der Waals surface area contributed by atoms with E-state index in [2.05, 4.69) is 9.47 Å². The van der Waals surface area contributed by atoms with Gasteiger partial charge < -0.3 is 4.74 Å². The molecule has 0 saturated carbocycles. The molecule has 200 valence electrons. The van der Waals surface area contributed by atoms with Gasteiger partial charge in [0.15, 0.2) is 0 Å². The maximum atomic E-state index is 13.9. The van der Waals surface area contributed by atoms with E-state index in [1.54, 1.807) is 0 Å². The Morgan fingerprint density at radius 1 is 0.743 bits per heavy atom. The minimum Gasteiger partial charge on any atom is -0.428 e. The lowest BCUT2D eigenvalue weighted by molar-refractivity contribution is -0.543. The van der Waals surface area contributed by atoms with Crippen LogP contribution in [0.3, 0.4) is 0 Å². The molecule has 0 saturated heterocycles. The van der Waals surface area contributed by atoms with Crippen molar-refractivity contribution in [1.82, 2.24) is 0 Å². The lowest BCUT2D eigenvalue weighted by Crippen LogP contribution is -2.66. The molecule has 0 N–H and O–H groups in total. The summed E-state index contributed by atoms with van der Waals surface area (Å²) in [4.78, 5) is 0. The Hall–Kier alpha value is -2.62. The van der Waals surface area contributed by atoms with E-state index in [1.807, 2.05) is 5.92 Å². The first-order chi connectivity index (χ1) is 15.3. The van der Waals surface area contributed by atoms with Gasteiger partial charge in [0.2, 0.25) is 0 Å². The van der Waals surface area contributed by atoms with E-state index in [-0.39, 0.29) is 5.56 Å². The van der Waals surface area contributed by atoms with Gasteiger partial charge in [-0.05, 0) is 18.2 Å². The maximum absolute atomic E-state index is 13.9. The summed E-state index contributed by atoms with van der Waals surface area (Å²) in [5.74, 6) is -14.8. The Morgan fingerprint density at radius 3 is 1.69 bits per heavy atom. The van der Waals surface area contributed by atoms with Gasteiger partial charge in [0.05, 0.1) is 0 Å². The first kappa shape index (κ1) is 30.4. The van der Waals surface area contributed by atoms with Gasteiger partial charge in [-0.25, -0.2) is 4.39 Å². The summed E-state index contributed by atoms with van der Waals surface area (Å²) in [5, 5.41) is 0. The fraction of sp³-hybridized carbons (Fsp3) is 0.500. The fourth-order valence-electron chi connectivity index (χ4n) is 1.82. The molecule has 0 fully saturated rings. The Labute approximate surface area is 182 Å². The van der Waals surface area contributed by atoms with Crippen molar-refractivity contribution in [3.8, 4) is 18.1 Å². The minimum atomic E-state index is -7.76. The van der Waals surface area contributed by atoms with Crippen LogP contribution in [-0.2, 0) is 9.47 Å². The molecule has 35 heavy (non-hydrogen) atoms. The van der Waals surface area contributed by atoms with E-state index >= 15 is 0 Å². The summed E-state index contributed by atoms with van der Waals surface area (Å²) < 4.78 is 215. The monoisotopic (exact) mass is 550 g/mol. The van der Waals surface area contributed by atoms with Gasteiger partial charge in [-0.15, -0.1) is 6.42 Å². The molecule has 2 atom stereocenters. The standard InChI is InChI=1S/C16H6F16O3/c1-2-7-4-3-5-8(6-7)33-10(18,19)9(17)34-16(31,32)12(22,14(26,27)28)35-15(29,30)11(20,21)13(23,24)25/h1,3-6,9H. The van der Waals surface area contributed by atoms with Crippen molar-refractivity contribution in [3.05, 3.63) is 29.8 Å². The van der Waals surface area contributed by atoms with Crippen molar-refractivity contribution in [2.45, 2.75) is 48.8 Å². The topological polar surface area (TPSA) is 27.7 Å². The highest BCUT2D eigenvalue weighted by atomic mass is 19.4. The fourth-order valence-corrected chi connectivity index (χ4v) is 1.82. The number of terminal acetylenes is 1. The van der Waals surface area contributed by atoms with Crippen LogP contribution >= 0.6 is 0 Å². The summed E-state index contributed by atoms with van der Waals surface area (Å²) >= 11 is 0. The Kier molecular flexibility index (Phi) is 7.92. The molecule has 1 rings (SSSR count). The third-order valence-corrected chi connectivity index (χ3v) is 3.50. The zero-order valence-electron chi connectivity index (χ0n) is 15.7. The molecule has 1 aromatic carbocycles. The third kappa shape index (κ3) is 5.97. The molecule has 0 aliphatic heterocycles. The summed E-state index contributed by atoms with van der Waals surface area (Å²) in [5.41, 5.74) is -0.263. The number of ether oxygens (including phenoxy) is 3. The third-order valence-electron chi connectivity index (χ3n) is 3.50. The number of alkyl halides is 16. The van der Waals surface area contributed by atoms with Gasteiger partial charge in [-0.2, -0.15) is 65.9 Å². The van der Waals surface area contributed by atoms with Crippen LogP contribution in [-0.4, -0.2) is 48.8 Å². The zero-order valence-corrected chi connectivity index (χ0v) is 15.7. The van der Waals surface area contributed by atoms with Gasteiger partial charge in [-0.1, -0.05) is 12.0 Å². The maximum Gasteiger partial charge on any atom is 0.462 e. The number of hydrogen-bond acceptors (Lipinski definition) is 3. The molecule has 0 heterocycles. The Morgan fingerprint density at radius 2 is 1.26 bits per heavy atom. The average molecular weight is 550 g/mol. The highest BCUT2D eigenvalue weighted by molar-refractivity contribution is 5.38. The SMILES string of the molecule is C#Cc1cccc(OC(F)(F)C(F)OC(F)(F)C(F)(OC(F)(F)C(F)(F)C(F)(F)F)C(F)(F)F)c1. The van der Waals surface area contributed by atoms with E-state index in [4.69, 9.17) is 6.42 Å². The van der Waals surface area contributed by atoms with Crippen molar-refractivity contribution >= 4 is 0 Å². The second kappa shape index (κ2) is 9.11. The first-order valence-electron chi connectivity index (χ1n) is 7.96. The molecule has 2 unspecified atom stereocenters. The van der Waals surface area contributed by atoms with E-state index in [9.17, 15) is 70.2 Å². The quantitative estimate of drug-likeness (QED) is 0.257. The Balaban J connectivity index is 3.34. The van der Waals surface area contributed by atoms with Crippen LogP contribution in [0, 0.1) is 12.3 Å². The van der Waals surface area contributed by atoms with Crippen LogP contribution in [0.15, 0.2) is 24.3 Å². The van der Waals surface area contributed by atoms with Gasteiger partial charge >= 0.3 is 48.8 Å². The van der Waals surface area contributed by atoms with Gasteiger partial charge in [0, 0.05) is 5.56 Å². The number of halogens is 16. The predicted octanol–water partition coefficient (Wildman–Crippen LogP) is 6.58. The minimum absolute atomic E-state index is 0.263. The summed E-state index contributed by atoms with van der Waals surface area (Å²) in [6.45, 7) is 0. The summed E-state index contributed by atoms with van der Waals surface area (Å²) in [7, 11) is 0. The van der Waals surface area contributed by atoms with Crippen LogP contribution in [0.4, 0.5) is 70.2 Å². The van der Waals surface area contributed by atoms with Crippen LogP contribution in [0.5, 0.6) is 5.75 Å². The summed E-state index contributed by atoms with van der Waals surface area (Å²) in [6.07, 6.45) is -36.5. The largest absolute Gasteiger partial charge is 0.462 e. The van der Waals surface area contributed by atoms with E-state index in [0.29, 0.717) is 12.1 Å². The molecule has 0 spiro atoms. The highest BCUT2D eigenvalue weighted by Crippen LogP contribution is 2.55. The van der Waals surface area contributed by atoms with E-state index < -0.39 is 54.6 Å². The number of benzene rings is 1. The molecule has 19 heteroatoms. The first-order valence-corrected chi connectivity index (χ1v) is 7.96. The van der Waals surface area contributed by atoms with Gasteiger partial charge in [0.1, 0.15) is 5.75 Å². The van der Waals surface area contributed by atoms with Gasteiger partial charge in [0.25, 0.3) is 0 Å². The molecule has 0 bridgehead atoms. The van der Waals surface area contributed by atoms with Crippen molar-refractivity contribution in [3.63, 3.8) is 0 Å². The molecule has 0 radical (unpaired) electrons. The molecule has 1 aromatic rings. The van der Waals surface area contributed by atoms with Crippen LogP contribution in [0.25, 0.3) is 0 Å². The normalized spacial score (nSPS) is 16.9. The predicted molar refractivity (Wildman–Crippen MR) is 77.8 cm³/mol.